The molecule has 0 amide bonds. The Hall–Kier alpha value is -6.70. The zero-order valence-electron chi connectivity index (χ0n) is 28.0. The lowest BCUT2D eigenvalue weighted by Crippen LogP contribution is -2.10. The number of hydrogen-bond donors (Lipinski definition) is 0. The zero-order chi connectivity index (χ0) is 33.7. The molecule has 1 nitrogen and oxygen atoms in total. The highest BCUT2D eigenvalue weighted by molar-refractivity contribution is 6.22. The van der Waals surface area contributed by atoms with Crippen molar-refractivity contribution < 1.29 is 0 Å². The second kappa shape index (κ2) is 12.0. The van der Waals surface area contributed by atoms with Crippen LogP contribution in [0.2, 0.25) is 0 Å². The maximum absolute atomic E-state index is 2.42. The van der Waals surface area contributed by atoms with Crippen LogP contribution in [-0.2, 0) is 0 Å². The molecule has 0 saturated heterocycles. The smallest absolute Gasteiger partial charge is 0.0540 e. The van der Waals surface area contributed by atoms with Gasteiger partial charge in [-0.05, 0) is 107 Å². The Labute approximate surface area is 297 Å². The average molecular weight is 648 g/mol. The van der Waals surface area contributed by atoms with Gasteiger partial charge in [-0.1, -0.05) is 164 Å². The van der Waals surface area contributed by atoms with Gasteiger partial charge >= 0.3 is 0 Å². The molecule has 0 aliphatic heterocycles. The summed E-state index contributed by atoms with van der Waals surface area (Å²) in [5, 5.41) is 12.5. The van der Waals surface area contributed by atoms with Crippen molar-refractivity contribution in [3.8, 4) is 22.3 Å². The van der Waals surface area contributed by atoms with Crippen molar-refractivity contribution >= 4 is 70.9 Å². The van der Waals surface area contributed by atoms with Crippen molar-refractivity contribution in [2.45, 2.75) is 0 Å². The standard InChI is InChI=1S/C50H33N/c1-2-12-34(13-3-1)36-22-26-39(27-23-36)51(40-28-24-35-14-4-5-16-38(35)32-40)50-31-30-46(43-19-10-11-21-47(43)50)49-33-48-41-17-7-6-15-37(41)25-29-45(48)42-18-8-9-20-44(42)49/h1-33H. The van der Waals surface area contributed by atoms with Gasteiger partial charge < -0.3 is 4.90 Å². The number of hydrogen-bond acceptors (Lipinski definition) is 1. The Balaban J connectivity index is 1.21. The van der Waals surface area contributed by atoms with Crippen molar-refractivity contribution in [1.82, 2.24) is 0 Å². The van der Waals surface area contributed by atoms with Crippen LogP contribution >= 0.6 is 0 Å². The number of benzene rings is 10. The van der Waals surface area contributed by atoms with Crippen LogP contribution in [0.3, 0.4) is 0 Å². The highest BCUT2D eigenvalue weighted by Gasteiger charge is 2.19. The van der Waals surface area contributed by atoms with Gasteiger partial charge in [-0.2, -0.15) is 0 Å². The van der Waals surface area contributed by atoms with Gasteiger partial charge in [-0.3, -0.25) is 0 Å². The predicted octanol–water partition coefficient (Wildman–Crippen LogP) is 14.3. The lowest BCUT2D eigenvalue weighted by molar-refractivity contribution is 1.30. The first kappa shape index (κ1) is 29.2. The molecule has 10 rings (SSSR count). The Bertz CT molecular complexity index is 2900. The molecule has 0 aliphatic rings. The van der Waals surface area contributed by atoms with Gasteiger partial charge in [0.15, 0.2) is 0 Å². The molecule has 0 aromatic heterocycles. The molecular formula is C50H33N. The molecule has 0 unspecified atom stereocenters. The minimum Gasteiger partial charge on any atom is -0.310 e. The van der Waals surface area contributed by atoms with Crippen molar-refractivity contribution in [3.05, 3.63) is 200 Å². The minimum atomic E-state index is 1.12. The summed E-state index contributed by atoms with van der Waals surface area (Å²) in [6.07, 6.45) is 0. The first-order valence-corrected chi connectivity index (χ1v) is 17.6. The summed E-state index contributed by atoms with van der Waals surface area (Å²) in [6, 6.07) is 73.1. The zero-order valence-corrected chi connectivity index (χ0v) is 28.0. The van der Waals surface area contributed by atoms with Crippen LogP contribution in [0.5, 0.6) is 0 Å². The van der Waals surface area contributed by atoms with E-state index in [0.29, 0.717) is 0 Å². The van der Waals surface area contributed by atoms with Crippen LogP contribution in [0.15, 0.2) is 200 Å². The van der Waals surface area contributed by atoms with E-state index in [9.17, 15) is 0 Å². The largest absolute Gasteiger partial charge is 0.310 e. The molecule has 0 spiro atoms. The maximum atomic E-state index is 2.42. The molecule has 0 fully saturated rings. The molecular weight excluding hydrogens is 615 g/mol. The molecule has 0 N–H and O–H groups in total. The Morgan fingerprint density at radius 1 is 0.255 bits per heavy atom. The molecule has 0 bridgehead atoms. The molecule has 10 aromatic rings. The molecule has 10 aromatic carbocycles. The molecule has 0 aliphatic carbocycles. The average Bonchev–Trinajstić information content (AvgIpc) is 3.21. The van der Waals surface area contributed by atoms with Crippen molar-refractivity contribution in [3.63, 3.8) is 0 Å². The van der Waals surface area contributed by atoms with Gasteiger partial charge in [0.2, 0.25) is 0 Å². The van der Waals surface area contributed by atoms with E-state index < -0.39 is 0 Å². The number of anilines is 3. The number of rotatable bonds is 5. The predicted molar refractivity (Wildman–Crippen MR) is 220 cm³/mol. The second-order valence-corrected chi connectivity index (χ2v) is 13.3. The minimum absolute atomic E-state index is 1.12. The van der Waals surface area contributed by atoms with Gasteiger partial charge in [-0.15, -0.1) is 0 Å². The Kier molecular flexibility index (Phi) is 6.89. The maximum Gasteiger partial charge on any atom is 0.0540 e. The summed E-state index contributed by atoms with van der Waals surface area (Å²) in [4.78, 5) is 2.42. The second-order valence-electron chi connectivity index (χ2n) is 13.3. The van der Waals surface area contributed by atoms with Crippen LogP contribution in [0.1, 0.15) is 0 Å². The molecule has 51 heavy (non-hydrogen) atoms. The van der Waals surface area contributed by atoms with E-state index in [1.807, 2.05) is 0 Å². The van der Waals surface area contributed by atoms with Crippen LogP contribution in [0.25, 0.3) is 76.1 Å². The summed E-state index contributed by atoms with van der Waals surface area (Å²) >= 11 is 0. The monoisotopic (exact) mass is 647 g/mol. The van der Waals surface area contributed by atoms with E-state index in [0.717, 1.165) is 17.1 Å². The quantitative estimate of drug-likeness (QED) is 0.168. The van der Waals surface area contributed by atoms with E-state index in [4.69, 9.17) is 0 Å². The molecule has 238 valence electrons. The number of nitrogens with zero attached hydrogens (tertiary/aromatic N) is 1. The summed E-state index contributed by atoms with van der Waals surface area (Å²) in [5.41, 5.74) is 8.29. The number of fused-ring (bicyclic) bond motifs is 7. The first-order valence-electron chi connectivity index (χ1n) is 17.6. The van der Waals surface area contributed by atoms with E-state index in [-0.39, 0.29) is 0 Å². The third kappa shape index (κ3) is 4.94. The normalized spacial score (nSPS) is 11.5. The van der Waals surface area contributed by atoms with Gasteiger partial charge in [0.05, 0.1) is 5.69 Å². The molecule has 0 heterocycles. The van der Waals surface area contributed by atoms with Crippen LogP contribution in [-0.4, -0.2) is 0 Å². The highest BCUT2D eigenvalue weighted by atomic mass is 15.1. The Morgan fingerprint density at radius 3 is 1.59 bits per heavy atom. The van der Waals surface area contributed by atoms with E-state index in [1.54, 1.807) is 0 Å². The topological polar surface area (TPSA) is 3.24 Å². The molecule has 0 atom stereocenters. The third-order valence-electron chi connectivity index (χ3n) is 10.4. The van der Waals surface area contributed by atoms with Crippen molar-refractivity contribution in [2.75, 3.05) is 4.90 Å². The van der Waals surface area contributed by atoms with E-state index in [2.05, 4.69) is 205 Å². The van der Waals surface area contributed by atoms with Crippen LogP contribution in [0, 0.1) is 0 Å². The summed E-state index contributed by atoms with van der Waals surface area (Å²) in [7, 11) is 0. The van der Waals surface area contributed by atoms with Crippen molar-refractivity contribution in [2.24, 2.45) is 0 Å². The van der Waals surface area contributed by atoms with Gasteiger partial charge in [-0.25, -0.2) is 0 Å². The molecule has 1 heteroatoms. The van der Waals surface area contributed by atoms with Gasteiger partial charge in [0.25, 0.3) is 0 Å². The van der Waals surface area contributed by atoms with E-state index in [1.165, 1.54) is 76.1 Å². The summed E-state index contributed by atoms with van der Waals surface area (Å²) in [6.45, 7) is 0. The van der Waals surface area contributed by atoms with Crippen molar-refractivity contribution in [1.29, 1.82) is 0 Å². The fourth-order valence-corrected chi connectivity index (χ4v) is 7.97. The van der Waals surface area contributed by atoms with Gasteiger partial charge in [0, 0.05) is 16.8 Å². The molecule has 0 radical (unpaired) electrons. The SMILES string of the molecule is c1ccc(-c2ccc(N(c3ccc4ccccc4c3)c3ccc(-c4cc5c6ccccc6ccc5c5ccccc45)c4ccccc34)cc2)cc1. The third-order valence-corrected chi connectivity index (χ3v) is 10.4. The van der Waals surface area contributed by atoms with E-state index >= 15 is 0 Å². The lowest BCUT2D eigenvalue weighted by atomic mass is 9.88. The fourth-order valence-electron chi connectivity index (χ4n) is 7.97. The first-order chi connectivity index (χ1) is 25.3. The van der Waals surface area contributed by atoms with Gasteiger partial charge in [0.1, 0.15) is 0 Å². The summed E-state index contributed by atoms with van der Waals surface area (Å²) in [5.74, 6) is 0. The fraction of sp³-hybridized carbons (Fsp3) is 0. The highest BCUT2D eigenvalue weighted by Crippen LogP contribution is 2.45. The lowest BCUT2D eigenvalue weighted by Gasteiger charge is -2.28. The molecule has 0 saturated carbocycles. The Morgan fingerprint density at radius 2 is 0.804 bits per heavy atom. The van der Waals surface area contributed by atoms with Crippen LogP contribution in [0.4, 0.5) is 17.1 Å². The summed E-state index contributed by atoms with van der Waals surface area (Å²) < 4.78 is 0. The van der Waals surface area contributed by atoms with Crippen LogP contribution < -0.4 is 4.90 Å².